The molecule has 0 atom stereocenters. The largest absolute Gasteiger partial charge is 0.337 e. The highest BCUT2D eigenvalue weighted by molar-refractivity contribution is 5.73. The number of hydrogen-bond donors (Lipinski definition) is 0. The fourth-order valence-electron chi connectivity index (χ4n) is 4.16. The van der Waals surface area contributed by atoms with Crippen LogP contribution in [0.4, 0.5) is 0 Å². The smallest absolute Gasteiger partial charge is 0.248 e. The summed E-state index contributed by atoms with van der Waals surface area (Å²) in [6.07, 6.45) is 8.06. The van der Waals surface area contributed by atoms with E-state index in [4.69, 9.17) is 9.51 Å². The molecule has 0 bridgehead atoms. The molecule has 1 fully saturated rings. The fraction of sp³-hybridized carbons (Fsp3) is 0.333. The van der Waals surface area contributed by atoms with Gasteiger partial charge in [0.15, 0.2) is 11.5 Å². The second-order valence-corrected chi connectivity index (χ2v) is 7.39. The molecule has 1 saturated carbocycles. The van der Waals surface area contributed by atoms with Gasteiger partial charge in [-0.1, -0.05) is 47.8 Å². The normalized spacial score (nSPS) is 16.2. The molecule has 1 aliphatic rings. The van der Waals surface area contributed by atoms with E-state index in [9.17, 15) is 0 Å². The zero-order valence-electron chi connectivity index (χ0n) is 15.3. The minimum atomic E-state index is -0.139. The van der Waals surface area contributed by atoms with Crippen LogP contribution in [0.15, 0.2) is 53.3 Å². The quantitative estimate of drug-likeness (QED) is 0.550. The Morgan fingerprint density at radius 3 is 2.74 bits per heavy atom. The number of fused-ring (bicyclic) bond motifs is 1. The van der Waals surface area contributed by atoms with Gasteiger partial charge in [-0.2, -0.15) is 10.1 Å². The van der Waals surface area contributed by atoms with E-state index in [1.807, 2.05) is 18.3 Å². The molecule has 0 saturated heterocycles. The summed E-state index contributed by atoms with van der Waals surface area (Å²) in [7, 11) is 0. The number of nitrogens with zero attached hydrogens (tertiary/aromatic N) is 5. The predicted molar refractivity (Wildman–Crippen MR) is 101 cm³/mol. The minimum Gasteiger partial charge on any atom is -0.337 e. The first-order chi connectivity index (χ1) is 13.2. The van der Waals surface area contributed by atoms with Crippen molar-refractivity contribution in [3.8, 4) is 0 Å². The van der Waals surface area contributed by atoms with E-state index in [-0.39, 0.29) is 5.41 Å². The molecule has 1 aromatic carbocycles. The molecule has 0 unspecified atom stereocenters. The molecule has 0 aliphatic heterocycles. The lowest BCUT2D eigenvalue weighted by atomic mass is 9.78. The molecule has 27 heavy (non-hydrogen) atoms. The molecule has 3 aromatic heterocycles. The van der Waals surface area contributed by atoms with Gasteiger partial charge in [-0.05, 0) is 37.5 Å². The molecule has 0 N–H and O–H groups in total. The summed E-state index contributed by atoms with van der Waals surface area (Å²) in [5, 5.41) is 9.79. The Morgan fingerprint density at radius 1 is 1.11 bits per heavy atom. The Bertz CT molecular complexity index is 1070. The van der Waals surface area contributed by atoms with E-state index in [1.54, 1.807) is 10.9 Å². The van der Waals surface area contributed by atoms with E-state index in [1.165, 1.54) is 24.0 Å². The highest BCUT2D eigenvalue weighted by atomic mass is 16.5. The van der Waals surface area contributed by atoms with Gasteiger partial charge in [0, 0.05) is 11.6 Å². The van der Waals surface area contributed by atoms with Gasteiger partial charge in [-0.15, -0.1) is 0 Å². The van der Waals surface area contributed by atoms with Crippen molar-refractivity contribution >= 4 is 11.0 Å². The van der Waals surface area contributed by atoms with Crippen molar-refractivity contribution in [3.63, 3.8) is 0 Å². The number of hydrogen-bond acceptors (Lipinski definition) is 5. The van der Waals surface area contributed by atoms with Gasteiger partial charge >= 0.3 is 0 Å². The molecule has 1 aliphatic carbocycles. The van der Waals surface area contributed by atoms with Gasteiger partial charge in [0.25, 0.3) is 0 Å². The Labute approximate surface area is 157 Å². The van der Waals surface area contributed by atoms with Crippen LogP contribution >= 0.6 is 0 Å². The molecule has 3 heterocycles. The van der Waals surface area contributed by atoms with Crippen molar-refractivity contribution in [1.29, 1.82) is 0 Å². The van der Waals surface area contributed by atoms with Gasteiger partial charge in [0.1, 0.15) is 6.54 Å². The third kappa shape index (κ3) is 2.72. The Balaban J connectivity index is 1.49. The van der Waals surface area contributed by atoms with Crippen molar-refractivity contribution in [2.45, 2.75) is 44.6 Å². The summed E-state index contributed by atoms with van der Waals surface area (Å²) in [4.78, 5) is 9.18. The topological polar surface area (TPSA) is 69.6 Å². The van der Waals surface area contributed by atoms with Gasteiger partial charge in [0.2, 0.25) is 5.89 Å². The summed E-state index contributed by atoms with van der Waals surface area (Å²) in [5.41, 5.74) is 3.23. The van der Waals surface area contributed by atoms with Crippen LogP contribution in [0.1, 0.15) is 48.5 Å². The first-order valence-corrected chi connectivity index (χ1v) is 9.41. The SMILES string of the molecule is Cc1ccc(C2(c3noc(Cn4ncc5cccnc54)n3)CCCC2)cc1. The van der Waals surface area contributed by atoms with Crippen LogP contribution in [-0.4, -0.2) is 24.9 Å². The monoisotopic (exact) mass is 359 g/mol. The van der Waals surface area contributed by atoms with Crippen LogP contribution < -0.4 is 0 Å². The van der Waals surface area contributed by atoms with Gasteiger partial charge in [-0.3, -0.25) is 0 Å². The maximum absolute atomic E-state index is 5.62. The molecule has 6 nitrogen and oxygen atoms in total. The fourth-order valence-corrected chi connectivity index (χ4v) is 4.16. The predicted octanol–water partition coefficient (Wildman–Crippen LogP) is 4.03. The third-order valence-electron chi connectivity index (χ3n) is 5.64. The van der Waals surface area contributed by atoms with Crippen molar-refractivity contribution < 1.29 is 4.52 Å². The Kier molecular flexibility index (Phi) is 3.77. The first kappa shape index (κ1) is 16.2. The van der Waals surface area contributed by atoms with Crippen molar-refractivity contribution in [2.75, 3.05) is 0 Å². The van der Waals surface area contributed by atoms with E-state index in [0.717, 1.165) is 29.7 Å². The summed E-state index contributed by atoms with van der Waals surface area (Å²) in [5.74, 6) is 1.36. The summed E-state index contributed by atoms with van der Waals surface area (Å²) in [6.45, 7) is 2.54. The summed E-state index contributed by atoms with van der Waals surface area (Å²) < 4.78 is 7.43. The lowest BCUT2D eigenvalue weighted by molar-refractivity contribution is 0.351. The summed E-state index contributed by atoms with van der Waals surface area (Å²) in [6, 6.07) is 12.7. The lowest BCUT2D eigenvalue weighted by Crippen LogP contribution is -2.25. The Morgan fingerprint density at radius 2 is 1.93 bits per heavy atom. The maximum Gasteiger partial charge on any atom is 0.248 e. The van der Waals surface area contributed by atoms with Crippen molar-refractivity contribution in [1.82, 2.24) is 24.9 Å². The minimum absolute atomic E-state index is 0.139. The van der Waals surface area contributed by atoms with Crippen LogP contribution in [-0.2, 0) is 12.0 Å². The molecule has 5 rings (SSSR count). The average molecular weight is 359 g/mol. The number of benzene rings is 1. The van der Waals surface area contributed by atoms with Crippen LogP contribution in [0.25, 0.3) is 11.0 Å². The zero-order chi connectivity index (χ0) is 18.3. The zero-order valence-corrected chi connectivity index (χ0v) is 15.3. The molecule has 0 radical (unpaired) electrons. The van der Waals surface area contributed by atoms with E-state index in [2.05, 4.69) is 46.4 Å². The van der Waals surface area contributed by atoms with Gasteiger partial charge < -0.3 is 4.52 Å². The molecule has 4 aromatic rings. The molecule has 0 spiro atoms. The van der Waals surface area contributed by atoms with Crippen LogP contribution in [0.5, 0.6) is 0 Å². The third-order valence-corrected chi connectivity index (χ3v) is 5.64. The highest BCUT2D eigenvalue weighted by Gasteiger charge is 2.41. The van der Waals surface area contributed by atoms with Gasteiger partial charge in [-0.25, -0.2) is 9.67 Å². The van der Waals surface area contributed by atoms with Crippen LogP contribution in [0.2, 0.25) is 0 Å². The number of pyridine rings is 1. The number of aromatic nitrogens is 5. The van der Waals surface area contributed by atoms with Crippen molar-refractivity contribution in [2.24, 2.45) is 0 Å². The standard InChI is InChI=1S/C21H21N5O/c1-15-6-8-17(9-7-15)21(10-2-3-11-21)20-24-18(27-25-20)14-26-19-16(13-23-26)5-4-12-22-19/h4-9,12-13H,2-3,10-11,14H2,1H3. The molecular formula is C21H21N5O. The van der Waals surface area contributed by atoms with Gasteiger partial charge in [0.05, 0.1) is 11.6 Å². The average Bonchev–Trinajstić information content (AvgIpc) is 3.43. The lowest BCUT2D eigenvalue weighted by Gasteiger charge is -2.25. The molecule has 0 amide bonds. The summed E-state index contributed by atoms with van der Waals surface area (Å²) >= 11 is 0. The van der Waals surface area contributed by atoms with Crippen LogP contribution in [0, 0.1) is 6.92 Å². The molecular weight excluding hydrogens is 338 g/mol. The van der Waals surface area contributed by atoms with Crippen molar-refractivity contribution in [3.05, 3.63) is 71.6 Å². The number of aryl methyl sites for hydroxylation is 1. The highest BCUT2D eigenvalue weighted by Crippen LogP contribution is 2.45. The Hall–Kier alpha value is -3.02. The van der Waals surface area contributed by atoms with E-state index in [0.29, 0.717) is 12.4 Å². The maximum atomic E-state index is 5.62. The van der Waals surface area contributed by atoms with E-state index >= 15 is 0 Å². The molecule has 6 heteroatoms. The second-order valence-electron chi connectivity index (χ2n) is 7.39. The number of rotatable bonds is 4. The van der Waals surface area contributed by atoms with Crippen LogP contribution in [0.3, 0.4) is 0 Å². The van der Waals surface area contributed by atoms with E-state index < -0.39 is 0 Å². The second kappa shape index (κ2) is 6.30. The first-order valence-electron chi connectivity index (χ1n) is 9.41. The molecule has 136 valence electrons.